The standard InChI is InChI=1S/C56H39NO/c1-55(2)47-24-13-11-22-42(47)46-34-39(30-33-48(46)55)57(50-25-15-27-52-53(50)45-23-12-14-26-51(45)58-52)40-29-32-43-44-31-28-36-16-9-10-21-41(36)54(44)56(49(43)35-40,37-17-5-3-6-18-37)38-19-7-4-8-20-38/h3-35H,1-2H3. The highest BCUT2D eigenvalue weighted by molar-refractivity contribution is 6.13. The van der Waals surface area contributed by atoms with Gasteiger partial charge in [-0.05, 0) is 109 Å². The molecule has 1 heterocycles. The topological polar surface area (TPSA) is 16.4 Å². The van der Waals surface area contributed by atoms with Crippen molar-refractivity contribution < 1.29 is 4.42 Å². The Morgan fingerprint density at radius 2 is 1.02 bits per heavy atom. The molecule has 58 heavy (non-hydrogen) atoms. The first-order chi connectivity index (χ1) is 28.5. The molecule has 0 atom stereocenters. The molecule has 2 aliphatic carbocycles. The van der Waals surface area contributed by atoms with Crippen LogP contribution in [0.15, 0.2) is 205 Å². The van der Waals surface area contributed by atoms with Crippen molar-refractivity contribution in [2.24, 2.45) is 0 Å². The second-order valence-electron chi connectivity index (χ2n) is 16.4. The van der Waals surface area contributed by atoms with Crippen molar-refractivity contribution in [2.75, 3.05) is 4.90 Å². The summed E-state index contributed by atoms with van der Waals surface area (Å²) in [6, 6.07) is 73.9. The van der Waals surface area contributed by atoms with Crippen LogP contribution in [-0.2, 0) is 10.8 Å². The Kier molecular flexibility index (Phi) is 6.93. The average molecular weight is 742 g/mol. The Hall–Kier alpha value is -7.16. The lowest BCUT2D eigenvalue weighted by Gasteiger charge is -2.35. The molecule has 2 aliphatic rings. The maximum Gasteiger partial charge on any atom is 0.137 e. The van der Waals surface area contributed by atoms with Gasteiger partial charge in [0, 0.05) is 22.2 Å². The smallest absolute Gasteiger partial charge is 0.137 e. The number of benzene rings is 9. The molecule has 0 radical (unpaired) electrons. The molecular weight excluding hydrogens is 703 g/mol. The lowest BCUT2D eigenvalue weighted by atomic mass is 9.66. The fourth-order valence-corrected chi connectivity index (χ4v) is 10.6. The van der Waals surface area contributed by atoms with Gasteiger partial charge in [0.25, 0.3) is 0 Å². The monoisotopic (exact) mass is 741 g/mol. The molecule has 0 unspecified atom stereocenters. The summed E-state index contributed by atoms with van der Waals surface area (Å²) in [6.07, 6.45) is 0. The van der Waals surface area contributed by atoms with Crippen LogP contribution in [0.4, 0.5) is 17.1 Å². The van der Waals surface area contributed by atoms with Crippen LogP contribution in [0.3, 0.4) is 0 Å². The lowest BCUT2D eigenvalue weighted by molar-refractivity contribution is 0.660. The van der Waals surface area contributed by atoms with E-state index in [9.17, 15) is 0 Å². The zero-order valence-electron chi connectivity index (χ0n) is 32.4. The molecule has 0 fully saturated rings. The molecular formula is C56H39NO. The summed E-state index contributed by atoms with van der Waals surface area (Å²) in [6.45, 7) is 4.70. The average Bonchev–Trinajstić information content (AvgIpc) is 3.89. The summed E-state index contributed by atoms with van der Waals surface area (Å²) in [5.74, 6) is 0. The number of furan rings is 1. The molecule has 0 N–H and O–H groups in total. The van der Waals surface area contributed by atoms with Crippen molar-refractivity contribution in [1.29, 1.82) is 0 Å². The van der Waals surface area contributed by atoms with E-state index in [2.05, 4.69) is 219 Å². The molecule has 1 aromatic heterocycles. The minimum Gasteiger partial charge on any atom is -0.456 e. The fourth-order valence-electron chi connectivity index (χ4n) is 10.6. The van der Waals surface area contributed by atoms with Gasteiger partial charge in [-0.3, -0.25) is 0 Å². The van der Waals surface area contributed by atoms with E-state index in [0.717, 1.165) is 39.0 Å². The second-order valence-corrected chi connectivity index (χ2v) is 16.4. The number of anilines is 3. The maximum absolute atomic E-state index is 6.54. The predicted molar refractivity (Wildman–Crippen MR) is 241 cm³/mol. The Morgan fingerprint density at radius 1 is 0.414 bits per heavy atom. The molecule has 0 amide bonds. The van der Waals surface area contributed by atoms with Crippen LogP contribution in [0, 0.1) is 0 Å². The van der Waals surface area contributed by atoms with Crippen LogP contribution < -0.4 is 4.90 Å². The molecule has 274 valence electrons. The van der Waals surface area contributed by atoms with Crippen molar-refractivity contribution >= 4 is 49.8 Å². The summed E-state index contributed by atoms with van der Waals surface area (Å²) < 4.78 is 6.54. The number of hydrogen-bond donors (Lipinski definition) is 0. The van der Waals surface area contributed by atoms with Gasteiger partial charge in [-0.2, -0.15) is 0 Å². The highest BCUT2D eigenvalue weighted by atomic mass is 16.3. The summed E-state index contributed by atoms with van der Waals surface area (Å²) in [5, 5.41) is 4.73. The Balaban J connectivity index is 1.19. The number of nitrogens with zero attached hydrogens (tertiary/aromatic N) is 1. The van der Waals surface area contributed by atoms with Gasteiger partial charge < -0.3 is 9.32 Å². The van der Waals surface area contributed by atoms with Crippen LogP contribution in [-0.4, -0.2) is 0 Å². The van der Waals surface area contributed by atoms with Crippen LogP contribution in [0.2, 0.25) is 0 Å². The maximum atomic E-state index is 6.54. The normalized spacial score (nSPS) is 14.3. The van der Waals surface area contributed by atoms with E-state index in [4.69, 9.17) is 4.42 Å². The van der Waals surface area contributed by atoms with Crippen molar-refractivity contribution in [2.45, 2.75) is 24.7 Å². The number of rotatable bonds is 5. The molecule has 0 bridgehead atoms. The third kappa shape index (κ3) is 4.43. The first-order valence-corrected chi connectivity index (χ1v) is 20.3. The molecule has 0 aliphatic heterocycles. The number of hydrogen-bond acceptors (Lipinski definition) is 2. The largest absolute Gasteiger partial charge is 0.456 e. The molecule has 2 nitrogen and oxygen atoms in total. The second kappa shape index (κ2) is 12.2. The fraction of sp³-hybridized carbons (Fsp3) is 0.0714. The van der Waals surface area contributed by atoms with Crippen LogP contribution in [0.25, 0.3) is 55.0 Å². The quantitative estimate of drug-likeness (QED) is 0.175. The van der Waals surface area contributed by atoms with Crippen LogP contribution in [0.5, 0.6) is 0 Å². The summed E-state index contributed by atoms with van der Waals surface area (Å²) in [7, 11) is 0. The van der Waals surface area contributed by atoms with E-state index >= 15 is 0 Å². The van der Waals surface area contributed by atoms with E-state index in [-0.39, 0.29) is 5.41 Å². The van der Waals surface area contributed by atoms with Gasteiger partial charge in [0.2, 0.25) is 0 Å². The van der Waals surface area contributed by atoms with Gasteiger partial charge in [-0.1, -0.05) is 172 Å². The number of fused-ring (bicyclic) bond motifs is 11. The molecule has 0 saturated carbocycles. The van der Waals surface area contributed by atoms with Crippen molar-refractivity contribution in [3.63, 3.8) is 0 Å². The molecule has 0 spiro atoms. The summed E-state index contributed by atoms with van der Waals surface area (Å²) in [5.41, 5.74) is 17.3. The third-order valence-electron chi connectivity index (χ3n) is 13.1. The van der Waals surface area contributed by atoms with E-state index in [1.165, 1.54) is 66.4 Å². The summed E-state index contributed by atoms with van der Waals surface area (Å²) >= 11 is 0. The highest BCUT2D eigenvalue weighted by Gasteiger charge is 2.47. The van der Waals surface area contributed by atoms with E-state index in [0.29, 0.717) is 0 Å². The Labute approximate surface area is 338 Å². The molecule has 2 heteroatoms. The van der Waals surface area contributed by atoms with Gasteiger partial charge >= 0.3 is 0 Å². The minimum absolute atomic E-state index is 0.0941. The Bertz CT molecular complexity index is 3220. The van der Waals surface area contributed by atoms with Crippen LogP contribution in [0.1, 0.15) is 47.2 Å². The zero-order chi connectivity index (χ0) is 38.6. The van der Waals surface area contributed by atoms with E-state index in [1.54, 1.807) is 0 Å². The van der Waals surface area contributed by atoms with E-state index < -0.39 is 5.41 Å². The van der Waals surface area contributed by atoms with E-state index in [1.807, 2.05) is 0 Å². The summed E-state index contributed by atoms with van der Waals surface area (Å²) in [4.78, 5) is 2.47. The van der Waals surface area contributed by atoms with Crippen molar-refractivity contribution in [1.82, 2.24) is 0 Å². The SMILES string of the molecule is CC1(C)c2ccccc2-c2cc(N(c3ccc4c(c3)C(c3ccccc3)(c3ccccc3)c3c-4ccc4ccccc34)c3cccc4oc5ccccc5c34)ccc21. The highest BCUT2D eigenvalue weighted by Crippen LogP contribution is 2.60. The van der Waals surface area contributed by atoms with Gasteiger partial charge in [0.15, 0.2) is 0 Å². The Morgan fingerprint density at radius 3 is 1.83 bits per heavy atom. The first kappa shape index (κ1) is 33.0. The zero-order valence-corrected chi connectivity index (χ0v) is 32.4. The van der Waals surface area contributed by atoms with Gasteiger partial charge in [-0.25, -0.2) is 0 Å². The first-order valence-electron chi connectivity index (χ1n) is 20.3. The van der Waals surface area contributed by atoms with Crippen molar-refractivity contribution in [3.8, 4) is 22.3 Å². The number of para-hydroxylation sites is 1. The molecule has 0 saturated heterocycles. The molecule has 9 aromatic carbocycles. The molecule has 12 rings (SSSR count). The van der Waals surface area contributed by atoms with Gasteiger partial charge in [0.1, 0.15) is 11.2 Å². The minimum atomic E-state index is -0.578. The van der Waals surface area contributed by atoms with Crippen LogP contribution >= 0.6 is 0 Å². The third-order valence-corrected chi connectivity index (χ3v) is 13.1. The molecule has 10 aromatic rings. The van der Waals surface area contributed by atoms with Crippen molar-refractivity contribution in [3.05, 3.63) is 234 Å². The van der Waals surface area contributed by atoms with Gasteiger partial charge in [0.05, 0.1) is 16.5 Å². The van der Waals surface area contributed by atoms with Gasteiger partial charge in [-0.15, -0.1) is 0 Å². The predicted octanol–water partition coefficient (Wildman–Crippen LogP) is 14.9. The lowest BCUT2D eigenvalue weighted by Crippen LogP contribution is -2.29.